The maximum absolute atomic E-state index is 5.04. The second-order valence-corrected chi connectivity index (χ2v) is 9.98. The van der Waals surface area contributed by atoms with Gasteiger partial charge < -0.3 is 0 Å². The molecule has 4 rings (SSSR count). The van der Waals surface area contributed by atoms with E-state index in [0.717, 1.165) is 16.1 Å². The molecule has 0 radical (unpaired) electrons. The molecule has 0 atom stereocenters. The Labute approximate surface area is 203 Å². The lowest BCUT2D eigenvalue weighted by Gasteiger charge is -2.32. The van der Waals surface area contributed by atoms with Crippen LogP contribution in [0.2, 0.25) is 0 Å². The number of thiol groups is 1. The molecule has 0 bridgehead atoms. The Morgan fingerprint density at radius 2 is 1.09 bits per heavy atom. The summed E-state index contributed by atoms with van der Waals surface area (Å²) in [5.41, 5.74) is 6.58. The summed E-state index contributed by atoms with van der Waals surface area (Å²) in [6.07, 6.45) is 1.95. The number of rotatable bonds is 6. The Morgan fingerprint density at radius 3 is 1.64 bits per heavy atom. The quantitative estimate of drug-likeness (QED) is 0.224. The van der Waals surface area contributed by atoms with Crippen LogP contribution < -0.4 is 0 Å². The number of aliphatic imine (C=N–C) groups is 1. The molecule has 0 heterocycles. The largest absolute Gasteiger partial charge is 0.256 e. The van der Waals surface area contributed by atoms with E-state index in [9.17, 15) is 0 Å². The van der Waals surface area contributed by atoms with E-state index in [1.165, 1.54) is 22.3 Å². The van der Waals surface area contributed by atoms with Gasteiger partial charge in [0.15, 0.2) is 0 Å². The van der Waals surface area contributed by atoms with Crippen molar-refractivity contribution in [1.82, 2.24) is 0 Å². The summed E-state index contributed by atoms with van der Waals surface area (Å²) in [5, 5.41) is 0. The first kappa shape index (κ1) is 23.1. The summed E-state index contributed by atoms with van der Waals surface area (Å²) in [4.78, 5) is 5.72. The summed E-state index contributed by atoms with van der Waals surface area (Å²) in [6.45, 7) is 9.12. The van der Waals surface area contributed by atoms with Crippen LogP contribution in [0, 0.1) is 0 Å². The highest BCUT2D eigenvalue weighted by molar-refractivity contribution is 7.80. The predicted octanol–water partition coefficient (Wildman–Crippen LogP) is 8.38. The maximum Gasteiger partial charge on any atom is 0.0629 e. The monoisotopic (exact) mass is 449 g/mol. The van der Waals surface area contributed by atoms with Crippen molar-refractivity contribution in [3.8, 4) is 0 Å². The molecule has 4 aromatic rings. The number of hydrogen-bond donors (Lipinski definition) is 1. The van der Waals surface area contributed by atoms with E-state index >= 15 is 0 Å². The summed E-state index contributed by atoms with van der Waals surface area (Å²) >= 11 is 5.04. The molecule has 0 N–H and O–H groups in total. The van der Waals surface area contributed by atoms with Crippen LogP contribution in [-0.4, -0.2) is 6.21 Å². The zero-order chi connectivity index (χ0) is 23.5. The van der Waals surface area contributed by atoms with Crippen molar-refractivity contribution in [1.29, 1.82) is 0 Å². The van der Waals surface area contributed by atoms with Crippen LogP contribution >= 0.6 is 12.6 Å². The van der Waals surface area contributed by atoms with Gasteiger partial charge in [0.1, 0.15) is 0 Å². The van der Waals surface area contributed by atoms with Gasteiger partial charge in [0.2, 0.25) is 0 Å². The van der Waals surface area contributed by atoms with Gasteiger partial charge in [0, 0.05) is 27.5 Å². The minimum absolute atomic E-state index is 0.167. The lowest BCUT2D eigenvalue weighted by molar-refractivity contribution is 0.607. The van der Waals surface area contributed by atoms with Gasteiger partial charge in [0.05, 0.1) is 5.69 Å². The lowest BCUT2D eigenvalue weighted by atomic mass is 9.72. The molecule has 0 aliphatic rings. The van der Waals surface area contributed by atoms with Crippen molar-refractivity contribution in [2.24, 2.45) is 4.99 Å². The highest BCUT2D eigenvalue weighted by Gasteiger charge is 2.30. The van der Waals surface area contributed by atoms with E-state index in [2.05, 4.69) is 100 Å². The third kappa shape index (κ3) is 4.82. The van der Waals surface area contributed by atoms with E-state index in [-0.39, 0.29) is 10.8 Å². The standard InChI is InChI=1S/C31H31NS/c1-30(2,24-14-8-5-9-15-24)26-20-23(22-32-27-18-12-7-13-19-27)29(33)28(21-26)31(3,4)25-16-10-6-11-17-25/h5-22,33H,1-4H3/b32-22+. The van der Waals surface area contributed by atoms with Gasteiger partial charge in [-0.25, -0.2) is 0 Å². The molecule has 0 aliphatic carbocycles. The Kier molecular flexibility index (Phi) is 6.58. The molecule has 1 nitrogen and oxygen atoms in total. The molecule has 0 spiro atoms. The van der Waals surface area contributed by atoms with Crippen LogP contribution in [-0.2, 0) is 10.8 Å². The van der Waals surface area contributed by atoms with E-state index in [4.69, 9.17) is 17.6 Å². The zero-order valence-corrected chi connectivity index (χ0v) is 20.7. The molecule has 0 saturated heterocycles. The highest BCUT2D eigenvalue weighted by Crippen LogP contribution is 2.41. The molecule has 33 heavy (non-hydrogen) atoms. The Bertz CT molecular complexity index is 1240. The van der Waals surface area contributed by atoms with Crippen molar-refractivity contribution in [3.63, 3.8) is 0 Å². The summed E-state index contributed by atoms with van der Waals surface area (Å²) in [5.74, 6) is 0. The highest BCUT2D eigenvalue weighted by atomic mass is 32.1. The van der Waals surface area contributed by atoms with Crippen LogP contribution in [0.25, 0.3) is 0 Å². The molecule has 0 aliphatic heterocycles. The lowest BCUT2D eigenvalue weighted by Crippen LogP contribution is -2.24. The third-order valence-corrected chi connectivity index (χ3v) is 7.13. The SMILES string of the molecule is CC(C)(c1ccccc1)c1cc(/C=N/c2ccccc2)c(S)c(C(C)(C)c2ccccc2)c1. The van der Waals surface area contributed by atoms with Crippen molar-refractivity contribution in [3.05, 3.63) is 131 Å². The predicted molar refractivity (Wildman–Crippen MR) is 145 cm³/mol. The van der Waals surface area contributed by atoms with Gasteiger partial charge in [-0.15, -0.1) is 12.6 Å². The zero-order valence-electron chi connectivity index (χ0n) is 19.8. The van der Waals surface area contributed by atoms with Gasteiger partial charge in [-0.3, -0.25) is 4.99 Å². The smallest absolute Gasteiger partial charge is 0.0629 e. The second-order valence-electron chi connectivity index (χ2n) is 9.54. The second kappa shape index (κ2) is 9.41. The molecule has 0 amide bonds. The third-order valence-electron chi connectivity index (χ3n) is 6.63. The van der Waals surface area contributed by atoms with Crippen molar-refractivity contribution in [2.45, 2.75) is 43.4 Å². The van der Waals surface area contributed by atoms with Crippen LogP contribution in [0.5, 0.6) is 0 Å². The normalized spacial score (nSPS) is 12.3. The van der Waals surface area contributed by atoms with E-state index in [1.54, 1.807) is 0 Å². The summed E-state index contributed by atoms with van der Waals surface area (Å²) in [7, 11) is 0. The molecule has 0 saturated carbocycles. The van der Waals surface area contributed by atoms with E-state index < -0.39 is 0 Å². The van der Waals surface area contributed by atoms with Crippen molar-refractivity contribution < 1.29 is 0 Å². The fourth-order valence-electron chi connectivity index (χ4n) is 4.28. The molecule has 2 heteroatoms. The number of hydrogen-bond acceptors (Lipinski definition) is 2. The van der Waals surface area contributed by atoms with Gasteiger partial charge in [-0.1, -0.05) is 113 Å². The Morgan fingerprint density at radius 1 is 0.606 bits per heavy atom. The summed E-state index contributed by atoms with van der Waals surface area (Å²) in [6, 6.07) is 36.0. The van der Waals surface area contributed by atoms with Crippen LogP contribution in [0.15, 0.2) is 113 Å². The molecule has 166 valence electrons. The first-order valence-corrected chi connectivity index (χ1v) is 11.8. The number of benzene rings is 4. The van der Waals surface area contributed by atoms with Crippen molar-refractivity contribution >= 4 is 24.5 Å². The van der Waals surface area contributed by atoms with E-state index in [0.29, 0.717) is 0 Å². The topological polar surface area (TPSA) is 12.4 Å². The van der Waals surface area contributed by atoms with Crippen LogP contribution in [0.1, 0.15) is 55.5 Å². The van der Waals surface area contributed by atoms with Gasteiger partial charge in [-0.2, -0.15) is 0 Å². The molecule has 0 unspecified atom stereocenters. The van der Waals surface area contributed by atoms with Gasteiger partial charge in [-0.05, 0) is 40.5 Å². The molecular formula is C31H31NS. The minimum atomic E-state index is -0.212. The molecule has 0 fully saturated rings. The number of para-hydroxylation sites is 1. The Balaban J connectivity index is 1.91. The minimum Gasteiger partial charge on any atom is -0.256 e. The summed E-state index contributed by atoms with van der Waals surface area (Å²) < 4.78 is 0. The average Bonchev–Trinajstić information content (AvgIpc) is 2.85. The Hall–Kier alpha value is -3.10. The first-order chi connectivity index (χ1) is 15.8. The molecule has 0 aromatic heterocycles. The fraction of sp³-hybridized carbons (Fsp3) is 0.194. The molecule has 4 aromatic carbocycles. The van der Waals surface area contributed by atoms with Crippen molar-refractivity contribution in [2.75, 3.05) is 0 Å². The number of nitrogens with zero attached hydrogens (tertiary/aromatic N) is 1. The van der Waals surface area contributed by atoms with Crippen LogP contribution in [0.4, 0.5) is 5.69 Å². The average molecular weight is 450 g/mol. The maximum atomic E-state index is 5.04. The van der Waals surface area contributed by atoms with E-state index in [1.807, 2.05) is 36.5 Å². The van der Waals surface area contributed by atoms with Crippen LogP contribution in [0.3, 0.4) is 0 Å². The molecular weight excluding hydrogens is 418 g/mol. The fourth-order valence-corrected chi connectivity index (χ4v) is 4.75. The van der Waals surface area contributed by atoms with Gasteiger partial charge in [0.25, 0.3) is 0 Å². The van der Waals surface area contributed by atoms with Gasteiger partial charge >= 0.3 is 0 Å². The first-order valence-electron chi connectivity index (χ1n) is 11.4.